The van der Waals surface area contributed by atoms with Crippen LogP contribution in [0.25, 0.3) is 10.2 Å². The van der Waals surface area contributed by atoms with Crippen LogP contribution in [0.5, 0.6) is 0 Å². The second-order valence-electron chi connectivity index (χ2n) is 9.70. The van der Waals surface area contributed by atoms with Crippen LogP contribution in [0.1, 0.15) is 29.7 Å². The van der Waals surface area contributed by atoms with Crippen LogP contribution in [0, 0.1) is 5.41 Å². The van der Waals surface area contributed by atoms with Gasteiger partial charge in [-0.05, 0) is 48.9 Å². The molecule has 2 fully saturated rings. The zero-order chi connectivity index (χ0) is 26.8. The molecule has 0 atom stereocenters. The van der Waals surface area contributed by atoms with Gasteiger partial charge in [-0.2, -0.15) is 30.6 Å². The molecule has 2 aliphatic rings. The lowest BCUT2D eigenvalue weighted by Gasteiger charge is -2.48. The van der Waals surface area contributed by atoms with Gasteiger partial charge in [-0.15, -0.1) is 11.3 Å². The van der Waals surface area contributed by atoms with Gasteiger partial charge in [0.25, 0.3) is 0 Å². The quantitative estimate of drug-likeness (QED) is 0.384. The van der Waals surface area contributed by atoms with Crippen LogP contribution in [0.15, 0.2) is 41.6 Å². The van der Waals surface area contributed by atoms with E-state index >= 15 is 0 Å². The number of halogens is 6. The third-order valence-corrected chi connectivity index (χ3v) is 10.1. The Hall–Kier alpha value is -2.45. The van der Waals surface area contributed by atoms with Crippen molar-refractivity contribution in [1.82, 2.24) is 14.3 Å². The Morgan fingerprint density at radius 3 is 2.54 bits per heavy atom. The van der Waals surface area contributed by atoms with Gasteiger partial charge in [-0.3, -0.25) is 0 Å². The summed E-state index contributed by atoms with van der Waals surface area (Å²) >= 11 is 0.983. The van der Waals surface area contributed by atoms with Crippen molar-refractivity contribution in [3.63, 3.8) is 0 Å². The van der Waals surface area contributed by atoms with Gasteiger partial charge in [-0.25, -0.2) is 18.4 Å². The predicted molar refractivity (Wildman–Crippen MR) is 126 cm³/mol. The molecule has 1 aromatic carbocycles. The summed E-state index contributed by atoms with van der Waals surface area (Å²) in [6.07, 6.45) is -6.90. The lowest BCUT2D eigenvalue weighted by molar-refractivity contribution is -0.137. The number of hydrogen-bond acceptors (Lipinski definition) is 6. The Bertz CT molecular complexity index is 1430. The fraction of sp³-hybridized carbons (Fsp3) is 0.478. The van der Waals surface area contributed by atoms with Crippen LogP contribution in [-0.4, -0.2) is 55.0 Å². The molecule has 2 aromatic heterocycles. The van der Waals surface area contributed by atoms with Crippen molar-refractivity contribution in [2.24, 2.45) is 5.41 Å². The molecule has 1 spiro atoms. The lowest BCUT2D eigenvalue weighted by Crippen LogP contribution is -2.52. The van der Waals surface area contributed by atoms with Crippen molar-refractivity contribution >= 4 is 37.4 Å². The molecule has 6 nitrogen and oxygen atoms in total. The summed E-state index contributed by atoms with van der Waals surface area (Å²) in [5.41, 5.74) is -1.23. The van der Waals surface area contributed by atoms with Gasteiger partial charge in [0, 0.05) is 31.1 Å². The van der Waals surface area contributed by atoms with Crippen molar-refractivity contribution in [3.05, 3.63) is 47.1 Å². The molecule has 1 aliphatic carbocycles. The molecule has 37 heavy (non-hydrogen) atoms. The first-order valence-corrected chi connectivity index (χ1v) is 13.6. The molecule has 0 unspecified atom stereocenters. The summed E-state index contributed by atoms with van der Waals surface area (Å²) in [5.74, 6) is 0.556. The number of hydrogen-bond donors (Lipinski definition) is 0. The van der Waals surface area contributed by atoms with E-state index < -0.39 is 39.3 Å². The SMILES string of the molecule is CN(C1CC2(CCN(c3ncnc4sc(CC(F)(F)F)cc34)C2)C1)S(=O)(=O)c1cccc(C(F)(F)F)c1. The first kappa shape index (κ1) is 26.2. The molecule has 3 heterocycles. The van der Waals surface area contributed by atoms with Crippen LogP contribution < -0.4 is 4.90 Å². The Balaban J connectivity index is 1.29. The van der Waals surface area contributed by atoms with E-state index in [-0.39, 0.29) is 16.3 Å². The third-order valence-electron chi connectivity index (χ3n) is 7.16. The van der Waals surface area contributed by atoms with Gasteiger partial charge in [-0.1, -0.05) is 6.07 Å². The fourth-order valence-electron chi connectivity index (χ4n) is 5.27. The molecule has 5 rings (SSSR count). The number of sulfonamides is 1. The number of rotatable bonds is 5. The molecule has 1 aliphatic heterocycles. The Kier molecular flexibility index (Phi) is 6.23. The number of anilines is 1. The van der Waals surface area contributed by atoms with Crippen LogP contribution in [0.2, 0.25) is 0 Å². The first-order chi connectivity index (χ1) is 17.2. The van der Waals surface area contributed by atoms with E-state index in [4.69, 9.17) is 0 Å². The summed E-state index contributed by atoms with van der Waals surface area (Å²) in [4.78, 5) is 10.7. The molecule has 3 aromatic rings. The number of alkyl halides is 6. The Morgan fingerprint density at radius 2 is 1.86 bits per heavy atom. The van der Waals surface area contributed by atoms with Crippen molar-refractivity contribution < 1.29 is 34.8 Å². The zero-order valence-electron chi connectivity index (χ0n) is 19.5. The number of fused-ring (bicyclic) bond motifs is 1. The third kappa shape index (κ3) is 5.02. The molecule has 0 amide bonds. The minimum atomic E-state index is -4.65. The van der Waals surface area contributed by atoms with E-state index in [1.54, 1.807) is 0 Å². The normalized spacial score (nSPS) is 22.8. The summed E-state index contributed by atoms with van der Waals surface area (Å²) in [6, 6.07) is 4.81. The number of aromatic nitrogens is 2. The maximum absolute atomic E-state index is 13.1. The topological polar surface area (TPSA) is 66.4 Å². The molecule has 1 saturated carbocycles. The van der Waals surface area contributed by atoms with E-state index in [0.717, 1.165) is 40.3 Å². The van der Waals surface area contributed by atoms with Crippen LogP contribution in [0.4, 0.5) is 32.2 Å². The van der Waals surface area contributed by atoms with Crippen molar-refractivity contribution in [2.75, 3.05) is 25.0 Å². The summed E-state index contributed by atoms with van der Waals surface area (Å²) in [6.45, 7) is 1.16. The van der Waals surface area contributed by atoms with Crippen molar-refractivity contribution in [3.8, 4) is 0 Å². The molecule has 200 valence electrons. The fourth-order valence-corrected chi connectivity index (χ4v) is 7.69. The maximum atomic E-state index is 13.1. The molecule has 0 bridgehead atoms. The van der Waals surface area contributed by atoms with Gasteiger partial charge in [0.15, 0.2) is 0 Å². The predicted octanol–water partition coefficient (Wildman–Crippen LogP) is 5.49. The Morgan fingerprint density at radius 1 is 1.14 bits per heavy atom. The highest BCUT2D eigenvalue weighted by atomic mass is 32.2. The molecule has 0 radical (unpaired) electrons. The molecule has 1 saturated heterocycles. The number of nitrogens with zero attached hydrogens (tertiary/aromatic N) is 4. The van der Waals surface area contributed by atoms with Crippen LogP contribution in [0.3, 0.4) is 0 Å². The molecule has 0 N–H and O–H groups in total. The highest BCUT2D eigenvalue weighted by Crippen LogP contribution is 2.52. The van der Waals surface area contributed by atoms with Crippen LogP contribution in [-0.2, 0) is 22.6 Å². The second-order valence-corrected chi connectivity index (χ2v) is 12.8. The van der Waals surface area contributed by atoms with Crippen molar-refractivity contribution in [2.45, 2.75) is 49.0 Å². The second kappa shape index (κ2) is 8.80. The van der Waals surface area contributed by atoms with Gasteiger partial charge in [0.05, 0.1) is 22.3 Å². The monoisotopic (exact) mass is 564 g/mol. The van der Waals surface area contributed by atoms with E-state index in [1.807, 2.05) is 4.90 Å². The summed E-state index contributed by atoms with van der Waals surface area (Å²) in [7, 11) is -2.75. The first-order valence-electron chi connectivity index (χ1n) is 11.4. The van der Waals surface area contributed by atoms with Crippen molar-refractivity contribution in [1.29, 1.82) is 0 Å². The van der Waals surface area contributed by atoms with E-state index in [0.29, 0.717) is 48.0 Å². The van der Waals surface area contributed by atoms with E-state index in [1.165, 1.54) is 19.4 Å². The van der Waals surface area contributed by atoms with E-state index in [9.17, 15) is 34.8 Å². The Labute approximate surface area is 213 Å². The van der Waals surface area contributed by atoms with Gasteiger partial charge >= 0.3 is 12.4 Å². The average molecular weight is 565 g/mol. The molecular weight excluding hydrogens is 542 g/mol. The lowest BCUT2D eigenvalue weighted by atomic mass is 9.65. The standard InChI is InChI=1S/C23H22F6N4O2S2/c1-32(37(34,35)17-4-2-3-14(7-17)23(27,28)29)15-9-21(10-15)5-6-33(12-21)19-18-8-16(11-22(24,25)26)36-20(18)31-13-30-19/h2-4,7-8,13,15H,5-6,9-12H2,1H3. The summed E-state index contributed by atoms with van der Waals surface area (Å²) in [5, 5.41) is 0.559. The van der Waals surface area contributed by atoms with E-state index in [2.05, 4.69) is 9.97 Å². The highest BCUT2D eigenvalue weighted by Gasteiger charge is 2.52. The zero-order valence-corrected chi connectivity index (χ0v) is 21.1. The number of benzene rings is 1. The largest absolute Gasteiger partial charge is 0.416 e. The van der Waals surface area contributed by atoms with Crippen LogP contribution >= 0.6 is 11.3 Å². The summed E-state index contributed by atoms with van der Waals surface area (Å²) < 4.78 is 105. The molecule has 14 heteroatoms. The maximum Gasteiger partial charge on any atom is 0.416 e. The average Bonchev–Trinajstić information content (AvgIpc) is 3.40. The number of thiophene rings is 1. The minimum Gasteiger partial charge on any atom is -0.355 e. The minimum absolute atomic E-state index is 0.156. The smallest absolute Gasteiger partial charge is 0.355 e. The molecular formula is C23H22F6N4O2S2. The highest BCUT2D eigenvalue weighted by molar-refractivity contribution is 7.89. The van der Waals surface area contributed by atoms with Gasteiger partial charge in [0.1, 0.15) is 17.0 Å². The van der Waals surface area contributed by atoms with Gasteiger partial charge in [0.2, 0.25) is 10.0 Å². The van der Waals surface area contributed by atoms with Gasteiger partial charge < -0.3 is 4.90 Å².